The molecule has 0 saturated carbocycles. The van der Waals surface area contributed by atoms with Crippen molar-refractivity contribution < 1.29 is 9.18 Å². The van der Waals surface area contributed by atoms with Gasteiger partial charge in [0, 0.05) is 24.3 Å². The molecule has 1 aliphatic rings. The van der Waals surface area contributed by atoms with Gasteiger partial charge in [-0.2, -0.15) is 0 Å². The smallest absolute Gasteiger partial charge is 0.228 e. The molecule has 0 atom stereocenters. The Kier molecular flexibility index (Phi) is 1.69. The molecule has 1 aromatic rings. The maximum atomic E-state index is 12.9. The number of benzene rings is 1. The molecular weight excluding hydrogens is 171 g/mol. The molecule has 2 rings (SSSR count). The zero-order valence-electron chi connectivity index (χ0n) is 6.96. The van der Waals surface area contributed by atoms with Crippen molar-refractivity contribution in [3.8, 4) is 0 Å². The highest BCUT2D eigenvalue weighted by atomic mass is 19.1. The number of hydrogen-bond donors (Lipinski definition) is 1. The Labute approximate surface area is 74.9 Å². The maximum absolute atomic E-state index is 12.9. The molecule has 1 heterocycles. The average molecular weight is 180 g/mol. The number of nitrogen functional groups attached to an aromatic ring is 1. The summed E-state index contributed by atoms with van der Waals surface area (Å²) in [5, 5.41) is 0. The van der Waals surface area contributed by atoms with Crippen molar-refractivity contribution in [1.82, 2.24) is 0 Å². The lowest BCUT2D eigenvalue weighted by atomic mass is 10.1. The Hall–Kier alpha value is -1.58. The van der Waals surface area contributed by atoms with Crippen LogP contribution in [-0.4, -0.2) is 12.5 Å². The van der Waals surface area contributed by atoms with Crippen LogP contribution >= 0.6 is 0 Å². The van der Waals surface area contributed by atoms with E-state index in [1.54, 1.807) is 6.07 Å². The quantitative estimate of drug-likeness (QED) is 0.520. The van der Waals surface area contributed by atoms with Crippen molar-refractivity contribution in [3.63, 3.8) is 0 Å². The van der Waals surface area contributed by atoms with Gasteiger partial charge in [-0.3, -0.25) is 4.79 Å². The second-order valence-corrected chi connectivity index (χ2v) is 3.04. The first kappa shape index (κ1) is 8.04. The molecule has 0 radical (unpaired) electrons. The Morgan fingerprint density at radius 3 is 2.62 bits per heavy atom. The van der Waals surface area contributed by atoms with Gasteiger partial charge in [0.15, 0.2) is 0 Å². The molecule has 2 N–H and O–H groups in total. The van der Waals surface area contributed by atoms with Crippen molar-refractivity contribution in [2.24, 2.45) is 0 Å². The lowest BCUT2D eigenvalue weighted by Gasteiger charge is -2.30. The first-order chi connectivity index (χ1) is 6.16. The van der Waals surface area contributed by atoms with E-state index in [1.807, 2.05) is 0 Å². The molecule has 1 aliphatic heterocycles. The van der Waals surface area contributed by atoms with Crippen LogP contribution in [0.3, 0.4) is 0 Å². The van der Waals surface area contributed by atoms with E-state index in [9.17, 15) is 9.18 Å². The standard InChI is InChI=1S/C9H9FN2O/c10-6-3-7(11)5-8(4-6)12-2-1-9(12)13/h3-5H,1-2,11H2. The topological polar surface area (TPSA) is 46.3 Å². The van der Waals surface area contributed by atoms with Gasteiger partial charge in [0.1, 0.15) is 5.82 Å². The third-order valence-electron chi connectivity index (χ3n) is 2.07. The third-order valence-corrected chi connectivity index (χ3v) is 2.07. The van der Waals surface area contributed by atoms with Crippen LogP contribution in [0.1, 0.15) is 6.42 Å². The van der Waals surface area contributed by atoms with Crippen molar-refractivity contribution in [1.29, 1.82) is 0 Å². The fraction of sp³-hybridized carbons (Fsp3) is 0.222. The molecule has 0 aromatic heterocycles. The molecule has 4 heteroatoms. The molecule has 1 saturated heterocycles. The van der Waals surface area contributed by atoms with Gasteiger partial charge < -0.3 is 10.6 Å². The van der Waals surface area contributed by atoms with Gasteiger partial charge in [-0.05, 0) is 18.2 Å². The first-order valence-corrected chi connectivity index (χ1v) is 4.03. The van der Waals surface area contributed by atoms with E-state index in [1.165, 1.54) is 17.0 Å². The third kappa shape index (κ3) is 1.35. The predicted molar refractivity (Wildman–Crippen MR) is 47.8 cm³/mol. The summed E-state index contributed by atoms with van der Waals surface area (Å²) in [6, 6.07) is 4.14. The summed E-state index contributed by atoms with van der Waals surface area (Å²) < 4.78 is 12.9. The number of nitrogens with two attached hydrogens (primary N) is 1. The fourth-order valence-electron chi connectivity index (χ4n) is 1.34. The summed E-state index contributed by atoms with van der Waals surface area (Å²) in [5.41, 5.74) is 6.34. The normalized spacial score (nSPS) is 15.8. The lowest BCUT2D eigenvalue weighted by Crippen LogP contribution is -2.43. The number of anilines is 2. The van der Waals surface area contributed by atoms with Gasteiger partial charge in [0.25, 0.3) is 0 Å². The summed E-state index contributed by atoms with van der Waals surface area (Å²) >= 11 is 0. The summed E-state index contributed by atoms with van der Waals surface area (Å²) in [5.74, 6) is -0.389. The summed E-state index contributed by atoms with van der Waals surface area (Å²) in [7, 11) is 0. The zero-order valence-corrected chi connectivity index (χ0v) is 6.96. The molecule has 0 unspecified atom stereocenters. The van der Waals surface area contributed by atoms with Crippen LogP contribution in [0.5, 0.6) is 0 Å². The zero-order chi connectivity index (χ0) is 9.42. The van der Waals surface area contributed by atoms with E-state index in [4.69, 9.17) is 5.73 Å². The Bertz CT molecular complexity index is 344. The van der Waals surface area contributed by atoms with Gasteiger partial charge in [0.2, 0.25) is 5.91 Å². The van der Waals surface area contributed by atoms with Crippen LogP contribution < -0.4 is 10.6 Å². The van der Waals surface area contributed by atoms with Gasteiger partial charge in [-0.1, -0.05) is 0 Å². The van der Waals surface area contributed by atoms with Crippen LogP contribution in [0.15, 0.2) is 18.2 Å². The van der Waals surface area contributed by atoms with Gasteiger partial charge in [-0.25, -0.2) is 4.39 Å². The van der Waals surface area contributed by atoms with E-state index >= 15 is 0 Å². The number of halogens is 1. The minimum Gasteiger partial charge on any atom is -0.399 e. The Morgan fingerprint density at radius 2 is 2.15 bits per heavy atom. The summed E-state index contributed by atoms with van der Waals surface area (Å²) in [4.78, 5) is 12.5. The van der Waals surface area contributed by atoms with Gasteiger partial charge in [0.05, 0.1) is 0 Å². The highest BCUT2D eigenvalue weighted by Crippen LogP contribution is 2.24. The van der Waals surface area contributed by atoms with E-state index in [0.717, 1.165) is 0 Å². The van der Waals surface area contributed by atoms with Crippen LogP contribution in [0.2, 0.25) is 0 Å². The molecule has 68 valence electrons. The molecule has 0 bridgehead atoms. The fourth-order valence-corrected chi connectivity index (χ4v) is 1.34. The number of carbonyl (C=O) groups is 1. The van der Waals surface area contributed by atoms with Crippen LogP contribution in [0.25, 0.3) is 0 Å². The number of β-lactam (4-membered cyclic amide) rings is 1. The van der Waals surface area contributed by atoms with E-state index in [0.29, 0.717) is 24.3 Å². The maximum Gasteiger partial charge on any atom is 0.228 e. The number of hydrogen-bond acceptors (Lipinski definition) is 2. The van der Waals surface area contributed by atoms with E-state index in [2.05, 4.69) is 0 Å². The number of carbonyl (C=O) groups excluding carboxylic acids is 1. The van der Waals surface area contributed by atoms with Crippen LogP contribution in [0, 0.1) is 5.82 Å². The number of nitrogens with zero attached hydrogens (tertiary/aromatic N) is 1. The molecule has 0 spiro atoms. The summed E-state index contributed by atoms with van der Waals surface area (Å²) in [6.07, 6.45) is 0.538. The molecule has 13 heavy (non-hydrogen) atoms. The molecule has 0 aliphatic carbocycles. The van der Waals surface area contributed by atoms with Crippen molar-refractivity contribution in [2.45, 2.75) is 6.42 Å². The second-order valence-electron chi connectivity index (χ2n) is 3.04. The van der Waals surface area contributed by atoms with Crippen LogP contribution in [-0.2, 0) is 4.79 Å². The van der Waals surface area contributed by atoms with Crippen molar-refractivity contribution >= 4 is 17.3 Å². The number of amides is 1. The SMILES string of the molecule is Nc1cc(F)cc(N2CCC2=O)c1. The van der Waals surface area contributed by atoms with E-state index in [-0.39, 0.29) is 5.91 Å². The monoisotopic (exact) mass is 180 g/mol. The Morgan fingerprint density at radius 1 is 1.38 bits per heavy atom. The molecule has 3 nitrogen and oxygen atoms in total. The average Bonchev–Trinajstić information content (AvgIpc) is 1.99. The molecule has 1 amide bonds. The first-order valence-electron chi connectivity index (χ1n) is 4.03. The summed E-state index contributed by atoms with van der Waals surface area (Å²) in [6.45, 7) is 0.654. The largest absolute Gasteiger partial charge is 0.399 e. The van der Waals surface area contributed by atoms with E-state index < -0.39 is 5.82 Å². The Balaban J connectivity index is 2.34. The predicted octanol–water partition coefficient (Wildman–Crippen LogP) is 1.14. The second kappa shape index (κ2) is 2.73. The van der Waals surface area contributed by atoms with Crippen LogP contribution in [0.4, 0.5) is 15.8 Å². The minimum atomic E-state index is -0.408. The molecular formula is C9H9FN2O. The van der Waals surface area contributed by atoms with Gasteiger partial charge in [-0.15, -0.1) is 0 Å². The highest BCUT2D eigenvalue weighted by Gasteiger charge is 2.25. The highest BCUT2D eigenvalue weighted by molar-refractivity contribution is 5.99. The molecule has 1 aromatic carbocycles. The number of rotatable bonds is 1. The van der Waals surface area contributed by atoms with Crippen molar-refractivity contribution in [2.75, 3.05) is 17.2 Å². The van der Waals surface area contributed by atoms with Crippen molar-refractivity contribution in [3.05, 3.63) is 24.0 Å². The van der Waals surface area contributed by atoms with Gasteiger partial charge >= 0.3 is 0 Å². The molecule has 1 fully saturated rings. The minimum absolute atomic E-state index is 0.0185. The lowest BCUT2D eigenvalue weighted by molar-refractivity contribution is -0.122.